The summed E-state index contributed by atoms with van der Waals surface area (Å²) >= 11 is 5.46. The lowest BCUT2D eigenvalue weighted by molar-refractivity contribution is -0.136. The van der Waals surface area contributed by atoms with E-state index in [0.29, 0.717) is 0 Å². The van der Waals surface area contributed by atoms with Gasteiger partial charge in [0.15, 0.2) is 14.9 Å². The average molecular weight is 251 g/mol. The van der Waals surface area contributed by atoms with Gasteiger partial charge in [0.25, 0.3) is 0 Å². The molecular weight excluding hydrogens is 244 g/mol. The summed E-state index contributed by atoms with van der Waals surface area (Å²) in [5.74, 6) is -1.12. The summed E-state index contributed by atoms with van der Waals surface area (Å²) in [5, 5.41) is 7.94. The summed E-state index contributed by atoms with van der Waals surface area (Å²) in [4.78, 5) is 17.5. The number of sulfone groups is 1. The standard InChI is InChI=1S/C7H7ClN2O4S/c1-15(13,14)5-2-4(3-6(11)12)9-7(8)10-5/h2H,3H2,1H3,(H,11,12). The Balaban J connectivity index is 3.23. The molecule has 0 unspecified atom stereocenters. The number of carboxylic acids is 1. The summed E-state index contributed by atoms with van der Waals surface area (Å²) in [6, 6.07) is 1.09. The summed E-state index contributed by atoms with van der Waals surface area (Å²) < 4.78 is 22.3. The molecule has 82 valence electrons. The number of rotatable bonds is 3. The Kier molecular flexibility index (Phi) is 3.25. The second-order valence-electron chi connectivity index (χ2n) is 2.81. The molecule has 6 nitrogen and oxygen atoms in total. The van der Waals surface area contributed by atoms with Crippen molar-refractivity contribution < 1.29 is 18.3 Å². The first-order chi connectivity index (χ1) is 6.79. The number of aliphatic carboxylic acids is 1. The smallest absolute Gasteiger partial charge is 0.309 e. The zero-order valence-corrected chi connectivity index (χ0v) is 9.21. The lowest BCUT2D eigenvalue weighted by Gasteiger charge is -2.01. The molecule has 0 spiro atoms. The van der Waals surface area contributed by atoms with Crippen molar-refractivity contribution in [2.24, 2.45) is 0 Å². The topological polar surface area (TPSA) is 97.2 Å². The molecule has 1 aromatic rings. The van der Waals surface area contributed by atoms with Crippen molar-refractivity contribution in [3.8, 4) is 0 Å². The van der Waals surface area contributed by atoms with Gasteiger partial charge in [-0.2, -0.15) is 0 Å². The molecular formula is C7H7ClN2O4S. The molecule has 1 aromatic heterocycles. The molecule has 0 atom stereocenters. The molecule has 1 heterocycles. The van der Waals surface area contributed by atoms with Gasteiger partial charge in [0, 0.05) is 6.26 Å². The van der Waals surface area contributed by atoms with E-state index in [1.165, 1.54) is 0 Å². The Morgan fingerprint density at radius 2 is 2.13 bits per heavy atom. The van der Waals surface area contributed by atoms with E-state index in [9.17, 15) is 13.2 Å². The summed E-state index contributed by atoms with van der Waals surface area (Å²) in [6.45, 7) is 0. The van der Waals surface area contributed by atoms with Gasteiger partial charge in [-0.25, -0.2) is 18.4 Å². The van der Waals surface area contributed by atoms with Crippen LogP contribution in [0.2, 0.25) is 5.28 Å². The van der Waals surface area contributed by atoms with Crippen molar-refractivity contribution >= 4 is 27.4 Å². The highest BCUT2D eigenvalue weighted by Gasteiger charge is 2.13. The van der Waals surface area contributed by atoms with Gasteiger partial charge in [-0.15, -0.1) is 0 Å². The van der Waals surface area contributed by atoms with Crippen LogP contribution in [0.25, 0.3) is 0 Å². The van der Waals surface area contributed by atoms with E-state index in [4.69, 9.17) is 16.7 Å². The van der Waals surface area contributed by atoms with E-state index in [-0.39, 0.29) is 16.0 Å². The van der Waals surface area contributed by atoms with Gasteiger partial charge in [-0.3, -0.25) is 4.79 Å². The van der Waals surface area contributed by atoms with Crippen LogP contribution in [0.1, 0.15) is 5.69 Å². The first kappa shape index (κ1) is 11.9. The Bertz CT molecular complexity index is 500. The van der Waals surface area contributed by atoms with Crippen LogP contribution in [0.15, 0.2) is 11.1 Å². The molecule has 0 aromatic carbocycles. The molecule has 0 fully saturated rings. The van der Waals surface area contributed by atoms with Crippen LogP contribution >= 0.6 is 11.6 Å². The van der Waals surface area contributed by atoms with E-state index >= 15 is 0 Å². The number of halogens is 1. The maximum Gasteiger partial charge on any atom is 0.309 e. The van der Waals surface area contributed by atoms with E-state index in [2.05, 4.69) is 9.97 Å². The number of aromatic nitrogens is 2. The number of hydrogen-bond acceptors (Lipinski definition) is 5. The van der Waals surface area contributed by atoms with Crippen LogP contribution in [-0.2, 0) is 21.1 Å². The first-order valence-corrected chi connectivity index (χ1v) is 6.01. The van der Waals surface area contributed by atoms with Crippen LogP contribution in [-0.4, -0.2) is 35.7 Å². The largest absolute Gasteiger partial charge is 0.481 e. The lowest BCUT2D eigenvalue weighted by atomic mass is 10.3. The minimum absolute atomic E-state index is 0.0583. The van der Waals surface area contributed by atoms with E-state index in [1.54, 1.807) is 0 Å². The minimum Gasteiger partial charge on any atom is -0.481 e. The Morgan fingerprint density at radius 1 is 1.53 bits per heavy atom. The minimum atomic E-state index is -3.51. The maximum absolute atomic E-state index is 11.1. The number of carboxylic acid groups (broad SMARTS) is 1. The van der Waals surface area contributed by atoms with Gasteiger partial charge in [0.05, 0.1) is 12.1 Å². The van der Waals surface area contributed by atoms with E-state index in [0.717, 1.165) is 12.3 Å². The van der Waals surface area contributed by atoms with Gasteiger partial charge in [-0.1, -0.05) is 0 Å². The summed E-state index contributed by atoms with van der Waals surface area (Å²) in [5.41, 5.74) is 0.0583. The maximum atomic E-state index is 11.1. The van der Waals surface area contributed by atoms with Crippen molar-refractivity contribution in [2.75, 3.05) is 6.26 Å². The molecule has 8 heteroatoms. The predicted molar refractivity (Wildman–Crippen MR) is 51.5 cm³/mol. The normalized spacial score (nSPS) is 11.3. The third-order valence-corrected chi connectivity index (χ3v) is 2.58. The molecule has 0 aliphatic rings. The molecule has 0 bridgehead atoms. The van der Waals surface area contributed by atoms with Gasteiger partial charge in [0.2, 0.25) is 5.28 Å². The highest BCUT2D eigenvalue weighted by molar-refractivity contribution is 7.90. The van der Waals surface area contributed by atoms with Crippen molar-refractivity contribution in [1.29, 1.82) is 0 Å². The van der Waals surface area contributed by atoms with Crippen LogP contribution in [0.5, 0.6) is 0 Å². The van der Waals surface area contributed by atoms with Crippen molar-refractivity contribution in [1.82, 2.24) is 9.97 Å². The van der Waals surface area contributed by atoms with Gasteiger partial charge < -0.3 is 5.11 Å². The number of carbonyl (C=O) groups is 1. The second-order valence-corrected chi connectivity index (χ2v) is 5.11. The summed E-state index contributed by atoms with van der Waals surface area (Å²) in [6.07, 6.45) is 0.557. The van der Waals surface area contributed by atoms with Crippen molar-refractivity contribution in [2.45, 2.75) is 11.4 Å². The monoisotopic (exact) mass is 250 g/mol. The Labute approximate surface area is 90.8 Å². The predicted octanol–water partition coefficient (Wildman–Crippen LogP) is 0.161. The molecule has 0 saturated carbocycles. The van der Waals surface area contributed by atoms with E-state index < -0.39 is 22.2 Å². The summed E-state index contributed by atoms with van der Waals surface area (Å²) in [7, 11) is -3.51. The SMILES string of the molecule is CS(=O)(=O)c1cc(CC(=O)O)nc(Cl)n1. The first-order valence-electron chi connectivity index (χ1n) is 3.74. The zero-order chi connectivity index (χ0) is 11.6. The third kappa shape index (κ3) is 3.45. The molecule has 0 amide bonds. The van der Waals surface area contributed by atoms with E-state index in [1.807, 2.05) is 0 Å². The molecule has 0 saturated heterocycles. The number of nitrogens with zero attached hydrogens (tertiary/aromatic N) is 2. The van der Waals surface area contributed by atoms with Gasteiger partial charge in [0.1, 0.15) is 0 Å². The highest BCUT2D eigenvalue weighted by atomic mass is 35.5. The zero-order valence-electron chi connectivity index (χ0n) is 7.64. The molecule has 1 rings (SSSR count). The fourth-order valence-electron chi connectivity index (χ4n) is 0.877. The van der Waals surface area contributed by atoms with Crippen LogP contribution in [0.4, 0.5) is 0 Å². The van der Waals surface area contributed by atoms with Crippen molar-refractivity contribution in [3.63, 3.8) is 0 Å². The molecule has 0 radical (unpaired) electrons. The molecule has 1 N–H and O–H groups in total. The third-order valence-electron chi connectivity index (χ3n) is 1.44. The lowest BCUT2D eigenvalue weighted by Crippen LogP contribution is -2.07. The molecule has 0 aliphatic carbocycles. The van der Waals surface area contributed by atoms with Gasteiger partial charge >= 0.3 is 5.97 Å². The molecule has 0 aliphatic heterocycles. The fourth-order valence-corrected chi connectivity index (χ4v) is 1.73. The Hall–Kier alpha value is -1.21. The quantitative estimate of drug-likeness (QED) is 0.606. The van der Waals surface area contributed by atoms with Crippen LogP contribution < -0.4 is 0 Å². The van der Waals surface area contributed by atoms with Gasteiger partial charge in [-0.05, 0) is 17.7 Å². The average Bonchev–Trinajstić information content (AvgIpc) is 1.99. The highest BCUT2D eigenvalue weighted by Crippen LogP contribution is 2.11. The Morgan fingerprint density at radius 3 is 2.60 bits per heavy atom. The molecule has 15 heavy (non-hydrogen) atoms. The van der Waals surface area contributed by atoms with Crippen molar-refractivity contribution in [3.05, 3.63) is 17.0 Å². The van der Waals surface area contributed by atoms with Crippen LogP contribution in [0, 0.1) is 0 Å². The number of hydrogen-bond donors (Lipinski definition) is 1. The second kappa shape index (κ2) is 4.11. The fraction of sp³-hybridized carbons (Fsp3) is 0.286. The van der Waals surface area contributed by atoms with Crippen LogP contribution in [0.3, 0.4) is 0 Å².